The molecule has 1 aliphatic carbocycles. The lowest BCUT2D eigenvalue weighted by Gasteiger charge is -2.38. The first kappa shape index (κ1) is 12.5. The van der Waals surface area contributed by atoms with E-state index in [2.05, 4.69) is 0 Å². The third kappa shape index (κ3) is 2.69. The molecule has 1 saturated carbocycles. The van der Waals surface area contributed by atoms with E-state index in [0.29, 0.717) is 19.6 Å². The molecule has 0 spiro atoms. The molecule has 0 aliphatic heterocycles. The van der Waals surface area contributed by atoms with Gasteiger partial charge in [-0.05, 0) is 25.2 Å². The van der Waals surface area contributed by atoms with Crippen molar-refractivity contribution < 1.29 is 19.4 Å². The van der Waals surface area contributed by atoms with Crippen molar-refractivity contribution >= 4 is 5.97 Å². The maximum atomic E-state index is 11.3. The van der Waals surface area contributed by atoms with Crippen LogP contribution in [0.4, 0.5) is 0 Å². The lowest BCUT2D eigenvalue weighted by atomic mass is 9.76. The summed E-state index contributed by atoms with van der Waals surface area (Å²) in [6, 6.07) is 0. The Morgan fingerprint density at radius 1 is 1.47 bits per heavy atom. The third-order valence-electron chi connectivity index (χ3n) is 3.24. The van der Waals surface area contributed by atoms with E-state index in [0.717, 1.165) is 19.3 Å². The number of hydrogen-bond acceptors (Lipinski definition) is 3. The monoisotopic (exact) mass is 216 g/mol. The predicted molar refractivity (Wildman–Crippen MR) is 55.8 cm³/mol. The molecule has 0 amide bonds. The Labute approximate surface area is 90.6 Å². The third-order valence-corrected chi connectivity index (χ3v) is 3.24. The molecule has 0 saturated heterocycles. The van der Waals surface area contributed by atoms with Crippen molar-refractivity contribution in [3.05, 3.63) is 0 Å². The van der Waals surface area contributed by atoms with E-state index in [-0.39, 0.29) is 5.92 Å². The second-order valence-corrected chi connectivity index (χ2v) is 4.18. The molecule has 0 heterocycles. The van der Waals surface area contributed by atoms with Gasteiger partial charge >= 0.3 is 5.97 Å². The first-order chi connectivity index (χ1) is 7.13. The number of methoxy groups -OCH3 is 1. The molecule has 0 aromatic carbocycles. The zero-order valence-electron chi connectivity index (χ0n) is 9.49. The van der Waals surface area contributed by atoms with Crippen LogP contribution in [0.1, 0.15) is 32.6 Å². The van der Waals surface area contributed by atoms with Gasteiger partial charge in [0.05, 0.1) is 13.2 Å². The highest BCUT2D eigenvalue weighted by molar-refractivity contribution is 5.78. The standard InChI is InChI=1S/C11H20O4/c1-9-5-3-4-6-11(9,10(12)13)15-8-7-14-2/h9H,3-8H2,1-2H3,(H,12,13). The average Bonchev–Trinajstić information content (AvgIpc) is 2.21. The Morgan fingerprint density at radius 3 is 2.73 bits per heavy atom. The first-order valence-electron chi connectivity index (χ1n) is 5.50. The number of carboxylic acids is 1. The fourth-order valence-corrected chi connectivity index (χ4v) is 2.22. The van der Waals surface area contributed by atoms with Crippen molar-refractivity contribution in [2.45, 2.75) is 38.2 Å². The fraction of sp³-hybridized carbons (Fsp3) is 0.909. The molecular formula is C11H20O4. The van der Waals surface area contributed by atoms with Gasteiger partial charge in [-0.25, -0.2) is 4.79 Å². The number of aliphatic carboxylic acids is 1. The van der Waals surface area contributed by atoms with Gasteiger partial charge < -0.3 is 14.6 Å². The molecule has 15 heavy (non-hydrogen) atoms. The van der Waals surface area contributed by atoms with Gasteiger partial charge in [-0.1, -0.05) is 13.3 Å². The van der Waals surface area contributed by atoms with Crippen LogP contribution in [0.3, 0.4) is 0 Å². The van der Waals surface area contributed by atoms with Crippen LogP contribution in [-0.2, 0) is 14.3 Å². The van der Waals surface area contributed by atoms with Crippen LogP contribution in [-0.4, -0.2) is 37.0 Å². The fourth-order valence-electron chi connectivity index (χ4n) is 2.22. The molecule has 1 aliphatic rings. The van der Waals surface area contributed by atoms with E-state index in [9.17, 15) is 9.90 Å². The van der Waals surface area contributed by atoms with E-state index in [1.807, 2.05) is 6.92 Å². The molecule has 2 atom stereocenters. The molecule has 1 rings (SSSR count). The SMILES string of the molecule is COCCOC1(C(=O)O)CCCCC1C. The second kappa shape index (κ2) is 5.47. The molecule has 0 bridgehead atoms. The number of ether oxygens (including phenoxy) is 2. The number of carboxylic acid groups (broad SMARTS) is 1. The van der Waals surface area contributed by atoms with Crippen molar-refractivity contribution in [1.82, 2.24) is 0 Å². The summed E-state index contributed by atoms with van der Waals surface area (Å²) in [5.74, 6) is -0.744. The van der Waals surface area contributed by atoms with Gasteiger partial charge in [0.25, 0.3) is 0 Å². The van der Waals surface area contributed by atoms with Crippen LogP contribution in [0.25, 0.3) is 0 Å². The lowest BCUT2D eigenvalue weighted by Crippen LogP contribution is -2.49. The van der Waals surface area contributed by atoms with Crippen molar-refractivity contribution in [3.8, 4) is 0 Å². The Bertz CT molecular complexity index is 217. The highest BCUT2D eigenvalue weighted by atomic mass is 16.5. The summed E-state index contributed by atoms with van der Waals surface area (Å²) in [5, 5.41) is 9.29. The highest BCUT2D eigenvalue weighted by Crippen LogP contribution is 2.36. The van der Waals surface area contributed by atoms with E-state index >= 15 is 0 Å². The molecule has 1 N–H and O–H groups in total. The van der Waals surface area contributed by atoms with E-state index in [1.54, 1.807) is 7.11 Å². The van der Waals surface area contributed by atoms with Crippen LogP contribution >= 0.6 is 0 Å². The van der Waals surface area contributed by atoms with Crippen LogP contribution in [0, 0.1) is 5.92 Å². The second-order valence-electron chi connectivity index (χ2n) is 4.18. The summed E-state index contributed by atoms with van der Waals surface area (Å²) < 4.78 is 10.4. The van der Waals surface area contributed by atoms with E-state index in [4.69, 9.17) is 9.47 Å². The zero-order valence-corrected chi connectivity index (χ0v) is 9.49. The molecule has 1 fully saturated rings. The largest absolute Gasteiger partial charge is 0.479 e. The molecule has 0 aromatic rings. The van der Waals surface area contributed by atoms with Crippen molar-refractivity contribution in [2.24, 2.45) is 5.92 Å². The first-order valence-corrected chi connectivity index (χ1v) is 5.50. The minimum Gasteiger partial charge on any atom is -0.479 e. The molecule has 2 unspecified atom stereocenters. The zero-order chi connectivity index (χ0) is 11.3. The van der Waals surface area contributed by atoms with Gasteiger partial charge in [-0.15, -0.1) is 0 Å². The van der Waals surface area contributed by atoms with Crippen LogP contribution in [0.5, 0.6) is 0 Å². The average molecular weight is 216 g/mol. The summed E-state index contributed by atoms with van der Waals surface area (Å²) in [5.41, 5.74) is -0.975. The molecular weight excluding hydrogens is 196 g/mol. The number of hydrogen-bond donors (Lipinski definition) is 1. The minimum absolute atomic E-state index is 0.0839. The van der Waals surface area contributed by atoms with Gasteiger partial charge in [-0.3, -0.25) is 0 Å². The van der Waals surface area contributed by atoms with Crippen LogP contribution in [0.2, 0.25) is 0 Å². The molecule has 88 valence electrons. The number of carbonyl (C=O) groups is 1. The molecule has 0 aromatic heterocycles. The highest BCUT2D eigenvalue weighted by Gasteiger charge is 2.46. The Balaban J connectivity index is 2.63. The van der Waals surface area contributed by atoms with Crippen molar-refractivity contribution in [3.63, 3.8) is 0 Å². The Hall–Kier alpha value is -0.610. The predicted octanol–water partition coefficient (Wildman–Crippen LogP) is 1.68. The van der Waals surface area contributed by atoms with Crippen LogP contribution in [0.15, 0.2) is 0 Å². The van der Waals surface area contributed by atoms with Gasteiger partial charge in [-0.2, -0.15) is 0 Å². The molecule has 0 radical (unpaired) electrons. The maximum Gasteiger partial charge on any atom is 0.336 e. The van der Waals surface area contributed by atoms with Crippen molar-refractivity contribution in [1.29, 1.82) is 0 Å². The summed E-state index contributed by atoms with van der Waals surface area (Å²) in [7, 11) is 1.58. The summed E-state index contributed by atoms with van der Waals surface area (Å²) >= 11 is 0. The topological polar surface area (TPSA) is 55.8 Å². The Kier molecular flexibility index (Phi) is 4.54. The van der Waals surface area contributed by atoms with Crippen LogP contribution < -0.4 is 0 Å². The maximum absolute atomic E-state index is 11.3. The van der Waals surface area contributed by atoms with Gasteiger partial charge in [0.2, 0.25) is 0 Å². The normalized spacial score (nSPS) is 31.5. The summed E-state index contributed by atoms with van der Waals surface area (Å²) in [4.78, 5) is 11.3. The van der Waals surface area contributed by atoms with Gasteiger partial charge in [0, 0.05) is 7.11 Å². The number of rotatable bonds is 5. The van der Waals surface area contributed by atoms with E-state index < -0.39 is 11.6 Å². The van der Waals surface area contributed by atoms with Crippen molar-refractivity contribution in [2.75, 3.05) is 20.3 Å². The van der Waals surface area contributed by atoms with E-state index in [1.165, 1.54) is 0 Å². The molecule has 4 heteroatoms. The van der Waals surface area contributed by atoms with Gasteiger partial charge in [0.1, 0.15) is 0 Å². The summed E-state index contributed by atoms with van der Waals surface area (Å²) in [6.07, 6.45) is 3.58. The minimum atomic E-state index is -0.975. The smallest absolute Gasteiger partial charge is 0.336 e. The quantitative estimate of drug-likeness (QED) is 0.710. The summed E-state index contributed by atoms with van der Waals surface area (Å²) in [6.45, 7) is 2.76. The Morgan fingerprint density at radius 2 is 2.20 bits per heavy atom. The van der Waals surface area contributed by atoms with Gasteiger partial charge in [0.15, 0.2) is 5.60 Å². The lowest BCUT2D eigenvalue weighted by molar-refractivity contribution is -0.181. The molecule has 4 nitrogen and oxygen atoms in total.